The van der Waals surface area contributed by atoms with Crippen LogP contribution in [0.25, 0.3) is 16.5 Å². The molecular formula is C14H17N. The van der Waals surface area contributed by atoms with Gasteiger partial charge in [-0.15, -0.1) is 0 Å². The molecule has 0 saturated heterocycles. The molecule has 0 fully saturated rings. The van der Waals surface area contributed by atoms with Gasteiger partial charge in [-0.2, -0.15) is 0 Å². The molecule has 1 heterocycles. The van der Waals surface area contributed by atoms with Gasteiger partial charge >= 0.3 is 0 Å². The van der Waals surface area contributed by atoms with Gasteiger partial charge in [-0.3, -0.25) is 0 Å². The van der Waals surface area contributed by atoms with E-state index in [0.29, 0.717) is 5.92 Å². The van der Waals surface area contributed by atoms with Crippen LogP contribution in [0.2, 0.25) is 0 Å². The first-order valence-electron chi connectivity index (χ1n) is 5.37. The zero-order valence-electron chi connectivity index (χ0n) is 9.59. The van der Waals surface area contributed by atoms with Gasteiger partial charge in [-0.1, -0.05) is 38.6 Å². The molecule has 1 heteroatoms. The summed E-state index contributed by atoms with van der Waals surface area (Å²) < 4.78 is 0. The molecule has 1 aromatic carbocycles. The Morgan fingerprint density at radius 2 is 2.07 bits per heavy atom. The maximum absolute atomic E-state index is 4.12. The lowest BCUT2D eigenvalue weighted by Gasteiger charge is -2.06. The van der Waals surface area contributed by atoms with Crippen LogP contribution in [0.15, 0.2) is 30.8 Å². The summed E-state index contributed by atoms with van der Waals surface area (Å²) in [5, 5.41) is 1.27. The number of benzene rings is 1. The Kier molecular flexibility index (Phi) is 2.39. The normalized spacial score (nSPS) is 11.2. The number of aromatic amines is 1. The summed E-state index contributed by atoms with van der Waals surface area (Å²) in [7, 11) is 0. The van der Waals surface area contributed by atoms with Gasteiger partial charge in [0.2, 0.25) is 0 Å². The Morgan fingerprint density at radius 1 is 1.33 bits per heavy atom. The van der Waals surface area contributed by atoms with Crippen molar-refractivity contribution in [3.63, 3.8) is 0 Å². The fourth-order valence-corrected chi connectivity index (χ4v) is 1.79. The second kappa shape index (κ2) is 3.58. The van der Waals surface area contributed by atoms with Crippen LogP contribution < -0.4 is 0 Å². The van der Waals surface area contributed by atoms with E-state index >= 15 is 0 Å². The monoisotopic (exact) mass is 199 g/mol. The number of aryl methyl sites for hydroxylation is 1. The Bertz CT molecular complexity index is 503. The highest BCUT2D eigenvalue weighted by Crippen LogP contribution is 2.25. The Labute approximate surface area is 90.8 Å². The number of H-pyrrole nitrogens is 1. The van der Waals surface area contributed by atoms with E-state index in [-0.39, 0.29) is 0 Å². The summed E-state index contributed by atoms with van der Waals surface area (Å²) >= 11 is 0. The number of aromatic nitrogens is 1. The number of para-hydroxylation sites is 1. The molecule has 0 spiro atoms. The van der Waals surface area contributed by atoms with E-state index in [9.17, 15) is 0 Å². The largest absolute Gasteiger partial charge is 0.355 e. The van der Waals surface area contributed by atoms with Gasteiger partial charge in [0.25, 0.3) is 0 Å². The van der Waals surface area contributed by atoms with Gasteiger partial charge in [-0.05, 0) is 30.0 Å². The first-order chi connectivity index (χ1) is 7.09. The molecule has 0 radical (unpaired) electrons. The maximum Gasteiger partial charge on any atom is 0.0488 e. The second-order valence-corrected chi connectivity index (χ2v) is 4.40. The zero-order valence-corrected chi connectivity index (χ0v) is 9.59. The van der Waals surface area contributed by atoms with Crippen molar-refractivity contribution in [2.24, 2.45) is 5.92 Å². The Hall–Kier alpha value is -1.50. The molecule has 0 aliphatic carbocycles. The van der Waals surface area contributed by atoms with E-state index < -0.39 is 0 Å². The second-order valence-electron chi connectivity index (χ2n) is 4.40. The lowest BCUT2D eigenvalue weighted by molar-refractivity contribution is 0.853. The van der Waals surface area contributed by atoms with Gasteiger partial charge in [0, 0.05) is 16.6 Å². The molecule has 1 nitrogen and oxygen atoms in total. The van der Waals surface area contributed by atoms with Crippen molar-refractivity contribution in [3.8, 4) is 0 Å². The third-order valence-electron chi connectivity index (χ3n) is 2.91. The van der Waals surface area contributed by atoms with Gasteiger partial charge in [0.15, 0.2) is 0 Å². The van der Waals surface area contributed by atoms with E-state index in [1.165, 1.54) is 22.0 Å². The van der Waals surface area contributed by atoms with E-state index in [0.717, 1.165) is 5.69 Å². The number of hydrogen-bond donors (Lipinski definition) is 1. The van der Waals surface area contributed by atoms with Gasteiger partial charge in [0.05, 0.1) is 0 Å². The van der Waals surface area contributed by atoms with Crippen molar-refractivity contribution in [2.45, 2.75) is 20.8 Å². The van der Waals surface area contributed by atoms with Crippen molar-refractivity contribution < 1.29 is 0 Å². The topological polar surface area (TPSA) is 15.8 Å². The van der Waals surface area contributed by atoms with Crippen molar-refractivity contribution in [2.75, 3.05) is 0 Å². The molecule has 15 heavy (non-hydrogen) atoms. The van der Waals surface area contributed by atoms with Crippen molar-refractivity contribution >= 4 is 16.5 Å². The van der Waals surface area contributed by atoms with Gasteiger partial charge in [-0.25, -0.2) is 0 Å². The maximum atomic E-state index is 4.12. The number of nitrogens with one attached hydrogen (secondary N) is 1. The highest BCUT2D eigenvalue weighted by atomic mass is 14.7. The molecule has 1 N–H and O–H groups in total. The zero-order chi connectivity index (χ0) is 11.0. The predicted molar refractivity (Wildman–Crippen MR) is 66.9 cm³/mol. The molecule has 0 bridgehead atoms. The lowest BCUT2D eigenvalue weighted by Crippen LogP contribution is -1.91. The predicted octanol–water partition coefficient (Wildman–Crippen LogP) is 4.15. The lowest BCUT2D eigenvalue weighted by atomic mass is 10.0. The summed E-state index contributed by atoms with van der Waals surface area (Å²) in [6.45, 7) is 10.6. The average Bonchev–Trinajstić information content (AvgIpc) is 2.61. The Balaban J connectivity index is 2.57. The minimum Gasteiger partial charge on any atom is -0.355 e. The van der Waals surface area contributed by atoms with Crippen LogP contribution in [0.3, 0.4) is 0 Å². The quantitative estimate of drug-likeness (QED) is 0.748. The van der Waals surface area contributed by atoms with E-state index in [4.69, 9.17) is 0 Å². The number of allylic oxidation sites excluding steroid dienone is 1. The third-order valence-corrected chi connectivity index (χ3v) is 2.91. The molecule has 0 unspecified atom stereocenters. The van der Waals surface area contributed by atoms with E-state index in [1.807, 2.05) is 0 Å². The summed E-state index contributed by atoms with van der Waals surface area (Å²) in [5.74, 6) is 0.485. The van der Waals surface area contributed by atoms with Crippen LogP contribution in [-0.2, 0) is 0 Å². The summed E-state index contributed by atoms with van der Waals surface area (Å²) in [6, 6.07) is 8.54. The minimum atomic E-state index is 0.485. The molecule has 0 atom stereocenters. The molecule has 1 aromatic heterocycles. The standard InChI is InChI=1S/C14H17N/c1-9(2)11(4)13-8-12-7-5-6-10(3)14(12)15-13/h5-9,15H,4H2,1-3H3. The number of hydrogen-bond acceptors (Lipinski definition) is 0. The molecule has 0 aliphatic heterocycles. The summed E-state index contributed by atoms with van der Waals surface area (Å²) in [4.78, 5) is 3.45. The van der Waals surface area contributed by atoms with Crippen molar-refractivity contribution in [1.82, 2.24) is 4.98 Å². The SMILES string of the molecule is C=C(c1cc2cccc(C)c2[nH]1)C(C)C. The van der Waals surface area contributed by atoms with E-state index in [1.54, 1.807) is 0 Å². The molecular weight excluding hydrogens is 182 g/mol. The van der Waals surface area contributed by atoms with Crippen molar-refractivity contribution in [1.29, 1.82) is 0 Å². The fourth-order valence-electron chi connectivity index (χ4n) is 1.79. The van der Waals surface area contributed by atoms with Crippen LogP contribution in [0.4, 0.5) is 0 Å². The van der Waals surface area contributed by atoms with E-state index in [2.05, 4.69) is 56.6 Å². The molecule has 2 aromatic rings. The van der Waals surface area contributed by atoms with Gasteiger partial charge in [0.1, 0.15) is 0 Å². The smallest absolute Gasteiger partial charge is 0.0488 e. The third kappa shape index (κ3) is 1.70. The van der Waals surface area contributed by atoms with Gasteiger partial charge < -0.3 is 4.98 Å². The van der Waals surface area contributed by atoms with Crippen LogP contribution in [0.1, 0.15) is 25.1 Å². The van der Waals surface area contributed by atoms with Crippen LogP contribution >= 0.6 is 0 Å². The minimum absolute atomic E-state index is 0.485. The van der Waals surface area contributed by atoms with Crippen molar-refractivity contribution in [3.05, 3.63) is 42.1 Å². The average molecular weight is 199 g/mol. The molecule has 0 aliphatic rings. The molecule has 2 rings (SSSR count). The first-order valence-corrected chi connectivity index (χ1v) is 5.37. The fraction of sp³-hybridized carbons (Fsp3) is 0.286. The molecule has 0 saturated carbocycles. The molecule has 78 valence electrons. The Morgan fingerprint density at radius 3 is 2.67 bits per heavy atom. The summed E-state index contributed by atoms with van der Waals surface area (Å²) in [5.41, 5.74) is 4.85. The number of fused-ring (bicyclic) bond motifs is 1. The highest BCUT2D eigenvalue weighted by Gasteiger charge is 2.07. The first kappa shape index (κ1) is 10.0. The van der Waals surface area contributed by atoms with Crippen LogP contribution in [0, 0.1) is 12.8 Å². The summed E-state index contributed by atoms with van der Waals surface area (Å²) in [6.07, 6.45) is 0. The van der Waals surface area contributed by atoms with Crippen LogP contribution in [-0.4, -0.2) is 4.98 Å². The number of rotatable bonds is 2. The molecule has 0 amide bonds. The van der Waals surface area contributed by atoms with Crippen LogP contribution in [0.5, 0.6) is 0 Å². The highest BCUT2D eigenvalue weighted by molar-refractivity contribution is 5.86.